The lowest BCUT2D eigenvalue weighted by atomic mass is 10.2. The SMILES string of the molecule is COc1cccc(-c2nc3cc(N=Cc4cc5c(cc4Cl)OCO5)ccc3o2)c1. The highest BCUT2D eigenvalue weighted by Crippen LogP contribution is 2.36. The molecule has 4 aromatic rings. The lowest BCUT2D eigenvalue weighted by Gasteiger charge is -2.01. The van der Waals surface area contributed by atoms with Crippen LogP contribution in [0.15, 0.2) is 64.0 Å². The fourth-order valence-corrected chi connectivity index (χ4v) is 3.25. The van der Waals surface area contributed by atoms with Gasteiger partial charge in [0.2, 0.25) is 12.7 Å². The van der Waals surface area contributed by atoms with Crippen molar-refractivity contribution in [2.24, 2.45) is 4.99 Å². The smallest absolute Gasteiger partial charge is 0.231 e. The van der Waals surface area contributed by atoms with E-state index in [0.29, 0.717) is 33.5 Å². The van der Waals surface area contributed by atoms with Crippen molar-refractivity contribution in [1.29, 1.82) is 0 Å². The molecule has 0 aliphatic carbocycles. The van der Waals surface area contributed by atoms with Crippen LogP contribution in [0.2, 0.25) is 5.02 Å². The highest BCUT2D eigenvalue weighted by atomic mass is 35.5. The average molecular weight is 407 g/mol. The van der Waals surface area contributed by atoms with E-state index in [0.717, 1.165) is 22.6 Å². The van der Waals surface area contributed by atoms with Gasteiger partial charge in [0.15, 0.2) is 17.1 Å². The molecule has 0 saturated heterocycles. The molecule has 0 fully saturated rings. The molecule has 1 aliphatic heterocycles. The molecule has 0 N–H and O–H groups in total. The van der Waals surface area contributed by atoms with Gasteiger partial charge in [0.05, 0.1) is 17.8 Å². The molecule has 2 heterocycles. The minimum Gasteiger partial charge on any atom is -0.497 e. The number of halogens is 1. The number of benzene rings is 3. The van der Waals surface area contributed by atoms with Crippen LogP contribution in [0.5, 0.6) is 17.2 Å². The zero-order chi connectivity index (χ0) is 19.8. The topological polar surface area (TPSA) is 66.1 Å². The Morgan fingerprint density at radius 1 is 1.07 bits per heavy atom. The third-order valence-electron chi connectivity index (χ3n) is 4.53. The molecular weight excluding hydrogens is 392 g/mol. The third kappa shape index (κ3) is 3.39. The van der Waals surface area contributed by atoms with Gasteiger partial charge in [0.25, 0.3) is 0 Å². The van der Waals surface area contributed by atoms with E-state index in [1.54, 1.807) is 19.4 Å². The van der Waals surface area contributed by atoms with Crippen LogP contribution in [0.4, 0.5) is 5.69 Å². The third-order valence-corrected chi connectivity index (χ3v) is 4.86. The predicted molar refractivity (Wildman–Crippen MR) is 111 cm³/mol. The first-order valence-electron chi connectivity index (χ1n) is 8.88. The van der Waals surface area contributed by atoms with Crippen molar-refractivity contribution < 1.29 is 18.6 Å². The van der Waals surface area contributed by atoms with Crippen LogP contribution in [-0.4, -0.2) is 25.1 Å². The summed E-state index contributed by atoms with van der Waals surface area (Å²) in [5, 5.41) is 0.542. The Morgan fingerprint density at radius 3 is 2.79 bits per heavy atom. The standard InChI is InChI=1S/C22H15ClN2O4/c1-26-16-4-2-3-13(7-16)22-25-18-9-15(5-6-19(18)29-22)24-11-14-8-20-21(10-17(14)23)28-12-27-20/h2-11H,12H2,1H3. The number of fused-ring (bicyclic) bond motifs is 2. The first kappa shape index (κ1) is 17.6. The summed E-state index contributed by atoms with van der Waals surface area (Å²) in [5.41, 5.74) is 3.72. The molecule has 0 amide bonds. The van der Waals surface area contributed by atoms with E-state index in [2.05, 4.69) is 9.98 Å². The lowest BCUT2D eigenvalue weighted by Crippen LogP contribution is -1.92. The number of aromatic nitrogens is 1. The highest BCUT2D eigenvalue weighted by molar-refractivity contribution is 6.33. The first-order valence-corrected chi connectivity index (χ1v) is 9.25. The summed E-state index contributed by atoms with van der Waals surface area (Å²) in [4.78, 5) is 9.09. The van der Waals surface area contributed by atoms with Crippen LogP contribution in [0.1, 0.15) is 5.56 Å². The van der Waals surface area contributed by atoms with Crippen molar-refractivity contribution >= 4 is 34.6 Å². The van der Waals surface area contributed by atoms with Crippen molar-refractivity contribution in [3.8, 4) is 28.7 Å². The van der Waals surface area contributed by atoms with Gasteiger partial charge in [-0.15, -0.1) is 0 Å². The fourth-order valence-electron chi connectivity index (χ4n) is 3.05. The van der Waals surface area contributed by atoms with Crippen LogP contribution in [0, 0.1) is 0 Å². The zero-order valence-electron chi connectivity index (χ0n) is 15.4. The van der Waals surface area contributed by atoms with E-state index >= 15 is 0 Å². The van der Waals surface area contributed by atoms with Crippen LogP contribution < -0.4 is 14.2 Å². The molecule has 0 saturated carbocycles. The monoisotopic (exact) mass is 406 g/mol. The van der Waals surface area contributed by atoms with Crippen LogP contribution >= 0.6 is 11.6 Å². The van der Waals surface area contributed by atoms with Gasteiger partial charge in [-0.05, 0) is 42.5 Å². The Bertz CT molecular complexity index is 1250. The van der Waals surface area contributed by atoms with E-state index in [1.165, 1.54) is 0 Å². The summed E-state index contributed by atoms with van der Waals surface area (Å²) in [6.45, 7) is 0.199. The Labute approximate surface area is 171 Å². The normalized spacial score (nSPS) is 12.8. The number of hydrogen-bond donors (Lipinski definition) is 0. The summed E-state index contributed by atoms with van der Waals surface area (Å²) < 4.78 is 21.8. The Kier molecular flexibility index (Phi) is 4.33. The number of rotatable bonds is 4. The van der Waals surface area contributed by atoms with Crippen molar-refractivity contribution in [3.05, 3.63) is 65.2 Å². The maximum atomic E-state index is 6.30. The molecule has 1 aliphatic rings. The van der Waals surface area contributed by atoms with Gasteiger partial charge in [-0.1, -0.05) is 17.7 Å². The average Bonchev–Trinajstić information content (AvgIpc) is 3.38. The molecule has 5 rings (SSSR count). The molecule has 0 radical (unpaired) electrons. The quantitative estimate of drug-likeness (QED) is 0.410. The maximum Gasteiger partial charge on any atom is 0.231 e. The molecule has 3 aromatic carbocycles. The molecule has 6 nitrogen and oxygen atoms in total. The van der Waals surface area contributed by atoms with Gasteiger partial charge in [-0.25, -0.2) is 4.98 Å². The van der Waals surface area contributed by atoms with Crippen LogP contribution in [-0.2, 0) is 0 Å². The van der Waals surface area contributed by atoms with E-state index in [9.17, 15) is 0 Å². The van der Waals surface area contributed by atoms with Crippen molar-refractivity contribution in [2.75, 3.05) is 13.9 Å². The summed E-state index contributed by atoms with van der Waals surface area (Å²) in [6, 6.07) is 16.7. The molecule has 0 atom stereocenters. The molecule has 144 valence electrons. The largest absolute Gasteiger partial charge is 0.497 e. The minimum absolute atomic E-state index is 0.199. The van der Waals surface area contributed by atoms with Gasteiger partial charge in [-0.2, -0.15) is 0 Å². The van der Waals surface area contributed by atoms with E-state index in [-0.39, 0.29) is 6.79 Å². The van der Waals surface area contributed by atoms with Crippen LogP contribution in [0.3, 0.4) is 0 Å². The van der Waals surface area contributed by atoms with E-state index in [1.807, 2.05) is 48.5 Å². The molecule has 0 bridgehead atoms. The van der Waals surface area contributed by atoms with Gasteiger partial charge < -0.3 is 18.6 Å². The Balaban J connectivity index is 1.45. The number of ether oxygens (including phenoxy) is 3. The fraction of sp³-hybridized carbons (Fsp3) is 0.0909. The minimum atomic E-state index is 0.199. The Hall–Kier alpha value is -3.51. The summed E-state index contributed by atoms with van der Waals surface area (Å²) in [5.74, 6) is 2.57. The number of hydrogen-bond acceptors (Lipinski definition) is 6. The second kappa shape index (κ2) is 7.14. The van der Waals surface area contributed by atoms with E-state index in [4.69, 9.17) is 30.2 Å². The van der Waals surface area contributed by atoms with E-state index < -0.39 is 0 Å². The van der Waals surface area contributed by atoms with Crippen molar-refractivity contribution in [3.63, 3.8) is 0 Å². The second-order valence-corrected chi connectivity index (χ2v) is 6.80. The van der Waals surface area contributed by atoms with Crippen LogP contribution in [0.25, 0.3) is 22.6 Å². The molecule has 7 heteroatoms. The number of aliphatic imine (C=N–C) groups is 1. The highest BCUT2D eigenvalue weighted by Gasteiger charge is 2.16. The number of methoxy groups -OCH3 is 1. The number of oxazole rings is 1. The van der Waals surface area contributed by atoms with Gasteiger partial charge >= 0.3 is 0 Å². The molecule has 1 aromatic heterocycles. The Morgan fingerprint density at radius 2 is 1.93 bits per heavy atom. The zero-order valence-corrected chi connectivity index (χ0v) is 16.1. The molecule has 0 unspecified atom stereocenters. The lowest BCUT2D eigenvalue weighted by molar-refractivity contribution is 0.174. The summed E-state index contributed by atoms with van der Waals surface area (Å²) >= 11 is 6.30. The molecule has 29 heavy (non-hydrogen) atoms. The summed E-state index contributed by atoms with van der Waals surface area (Å²) in [6.07, 6.45) is 1.69. The predicted octanol–water partition coefficient (Wildman–Crippen LogP) is 5.64. The molecular formula is C22H15ClN2O4. The first-order chi connectivity index (χ1) is 14.2. The summed E-state index contributed by atoms with van der Waals surface area (Å²) in [7, 11) is 1.63. The van der Waals surface area contributed by atoms with Gasteiger partial charge in [0, 0.05) is 23.4 Å². The molecule has 0 spiro atoms. The second-order valence-electron chi connectivity index (χ2n) is 6.39. The van der Waals surface area contributed by atoms with Crippen molar-refractivity contribution in [2.45, 2.75) is 0 Å². The maximum absolute atomic E-state index is 6.30. The van der Waals surface area contributed by atoms with Gasteiger partial charge in [-0.3, -0.25) is 4.99 Å². The van der Waals surface area contributed by atoms with Gasteiger partial charge in [0.1, 0.15) is 11.3 Å². The van der Waals surface area contributed by atoms with Crippen molar-refractivity contribution in [1.82, 2.24) is 4.98 Å². The number of nitrogens with zero attached hydrogens (tertiary/aromatic N) is 2.